The predicted octanol–water partition coefficient (Wildman–Crippen LogP) is 5.07. The lowest BCUT2D eigenvalue weighted by Gasteiger charge is -2.36. The third-order valence-electron chi connectivity index (χ3n) is 6.13. The molecule has 0 saturated carbocycles. The summed E-state index contributed by atoms with van der Waals surface area (Å²) >= 11 is 1.69. The number of esters is 1. The maximum atomic E-state index is 11.9. The Kier molecular flexibility index (Phi) is 4.67. The van der Waals surface area contributed by atoms with Gasteiger partial charge in [-0.05, 0) is 73.8 Å². The summed E-state index contributed by atoms with van der Waals surface area (Å²) in [6.45, 7) is 2.36. The van der Waals surface area contributed by atoms with E-state index in [1.54, 1.807) is 11.3 Å². The highest BCUT2D eigenvalue weighted by molar-refractivity contribution is 7.16. The van der Waals surface area contributed by atoms with Crippen molar-refractivity contribution in [3.8, 4) is 0 Å². The van der Waals surface area contributed by atoms with Gasteiger partial charge >= 0.3 is 5.97 Å². The van der Waals surface area contributed by atoms with Crippen molar-refractivity contribution in [1.29, 1.82) is 0 Å². The fourth-order valence-electron chi connectivity index (χ4n) is 4.88. The first-order valence-electron chi connectivity index (χ1n) is 10.3. The third-order valence-corrected chi connectivity index (χ3v) is 7.35. The maximum absolute atomic E-state index is 11.9. The first-order valence-corrected chi connectivity index (χ1v) is 11.1. The second-order valence-corrected chi connectivity index (χ2v) is 8.98. The fourth-order valence-corrected chi connectivity index (χ4v) is 6.11. The average Bonchev–Trinajstić information content (AvgIpc) is 3.29. The molecule has 0 radical (unpaired) electrons. The minimum Gasteiger partial charge on any atom is -0.469 e. The van der Waals surface area contributed by atoms with E-state index in [0.29, 0.717) is 6.42 Å². The van der Waals surface area contributed by atoms with Gasteiger partial charge in [0.2, 0.25) is 0 Å². The molecule has 5 nitrogen and oxygen atoms in total. The number of hydrogen-bond acceptors (Lipinski definition) is 6. The van der Waals surface area contributed by atoms with Crippen molar-refractivity contribution >= 4 is 33.7 Å². The van der Waals surface area contributed by atoms with Crippen molar-refractivity contribution < 1.29 is 9.53 Å². The zero-order valence-corrected chi connectivity index (χ0v) is 17.1. The number of fused-ring (bicyclic) bond motifs is 1. The summed E-state index contributed by atoms with van der Waals surface area (Å²) in [6, 6.07) is 4.42. The maximum Gasteiger partial charge on any atom is 0.310 e. The fraction of sp³-hybridized carbons (Fsp3) is 0.500. The number of anilines is 1. The van der Waals surface area contributed by atoms with Gasteiger partial charge in [0.05, 0.1) is 19.2 Å². The highest BCUT2D eigenvalue weighted by Crippen LogP contribution is 2.43. The number of azo groups is 1. The molecule has 3 heterocycles. The molecule has 2 aromatic rings. The van der Waals surface area contributed by atoms with Gasteiger partial charge in [-0.2, -0.15) is 0 Å². The van der Waals surface area contributed by atoms with Crippen molar-refractivity contribution in [2.24, 2.45) is 10.2 Å². The Morgan fingerprint density at radius 2 is 1.82 bits per heavy atom. The molecule has 5 rings (SSSR count). The van der Waals surface area contributed by atoms with Crippen LogP contribution in [0.5, 0.6) is 0 Å². The van der Waals surface area contributed by atoms with E-state index in [2.05, 4.69) is 27.3 Å². The summed E-state index contributed by atoms with van der Waals surface area (Å²) < 4.78 is 4.90. The summed E-state index contributed by atoms with van der Waals surface area (Å²) in [4.78, 5) is 15.8. The van der Waals surface area contributed by atoms with Gasteiger partial charge in [0.1, 0.15) is 5.00 Å². The van der Waals surface area contributed by atoms with Crippen LogP contribution >= 0.6 is 11.3 Å². The Morgan fingerprint density at radius 1 is 1.07 bits per heavy atom. The Morgan fingerprint density at radius 3 is 2.54 bits per heavy atom. The number of carbonyl (C=O) groups excluding carboxylic acids is 1. The van der Waals surface area contributed by atoms with E-state index < -0.39 is 0 Å². The molecule has 0 unspecified atom stereocenters. The Labute approximate surface area is 169 Å². The van der Waals surface area contributed by atoms with Gasteiger partial charge in [-0.1, -0.05) is 0 Å². The normalized spacial score (nSPS) is 17.7. The van der Waals surface area contributed by atoms with Crippen LogP contribution in [0.25, 0.3) is 0 Å². The van der Waals surface area contributed by atoms with E-state index in [9.17, 15) is 4.79 Å². The molecule has 1 aliphatic carbocycles. The SMILES string of the molecule is COC(=O)Cc1c(N=Nc2cc3c4c(c2)CCCN4CCC3)sc2c1CCC2. The number of rotatable bonds is 4. The molecular weight excluding hydrogens is 370 g/mol. The molecule has 28 heavy (non-hydrogen) atoms. The van der Waals surface area contributed by atoms with E-state index >= 15 is 0 Å². The van der Waals surface area contributed by atoms with Gasteiger partial charge in [-0.15, -0.1) is 21.6 Å². The lowest BCUT2D eigenvalue weighted by molar-refractivity contribution is -0.139. The van der Waals surface area contributed by atoms with Crippen molar-refractivity contribution in [3.63, 3.8) is 0 Å². The van der Waals surface area contributed by atoms with Crippen LogP contribution in [0, 0.1) is 0 Å². The van der Waals surface area contributed by atoms with E-state index in [0.717, 1.165) is 48.4 Å². The first kappa shape index (κ1) is 17.9. The summed E-state index contributed by atoms with van der Waals surface area (Å²) in [5, 5.41) is 10.1. The molecule has 0 bridgehead atoms. The largest absolute Gasteiger partial charge is 0.469 e. The quantitative estimate of drug-likeness (QED) is 0.537. The third kappa shape index (κ3) is 3.13. The molecule has 1 aromatic carbocycles. The average molecular weight is 396 g/mol. The van der Waals surface area contributed by atoms with Gasteiger partial charge in [0.25, 0.3) is 0 Å². The second kappa shape index (κ2) is 7.32. The molecule has 0 fully saturated rings. The molecule has 146 valence electrons. The number of ether oxygens (including phenoxy) is 1. The van der Waals surface area contributed by atoms with Gasteiger partial charge < -0.3 is 9.64 Å². The molecule has 0 amide bonds. The topological polar surface area (TPSA) is 54.3 Å². The number of nitrogens with zero attached hydrogens (tertiary/aromatic N) is 3. The van der Waals surface area contributed by atoms with Crippen molar-refractivity contribution in [1.82, 2.24) is 0 Å². The molecule has 3 aliphatic rings. The Bertz CT molecular complexity index is 932. The van der Waals surface area contributed by atoms with Crippen molar-refractivity contribution in [3.05, 3.63) is 39.3 Å². The standard InChI is InChI=1S/C22H25N3O2S/c1-27-20(26)13-18-17-7-2-8-19(17)28-22(18)24-23-16-11-14-5-3-9-25-10-4-6-15(12-16)21(14)25/h11-12H,2-10,13H2,1H3. The Balaban J connectivity index is 1.48. The Hall–Kier alpha value is -2.21. The number of hydrogen-bond donors (Lipinski definition) is 0. The van der Waals surface area contributed by atoms with Crippen LogP contribution < -0.4 is 4.90 Å². The summed E-state index contributed by atoms with van der Waals surface area (Å²) in [5.74, 6) is -0.206. The highest BCUT2D eigenvalue weighted by atomic mass is 32.1. The molecule has 0 saturated heterocycles. The van der Waals surface area contributed by atoms with Crippen LogP contribution in [0.3, 0.4) is 0 Å². The zero-order valence-electron chi connectivity index (χ0n) is 16.3. The second-order valence-electron chi connectivity index (χ2n) is 7.90. The van der Waals surface area contributed by atoms with Gasteiger partial charge in [-0.25, -0.2) is 0 Å². The van der Waals surface area contributed by atoms with Gasteiger partial charge in [0, 0.05) is 29.2 Å². The number of thiophene rings is 1. The lowest BCUT2D eigenvalue weighted by Crippen LogP contribution is -2.34. The smallest absolute Gasteiger partial charge is 0.310 e. The van der Waals surface area contributed by atoms with Crippen molar-refractivity contribution in [2.45, 2.75) is 51.4 Å². The van der Waals surface area contributed by atoms with E-state index in [4.69, 9.17) is 4.74 Å². The van der Waals surface area contributed by atoms with Crippen LogP contribution in [-0.4, -0.2) is 26.2 Å². The molecule has 6 heteroatoms. The molecule has 2 aliphatic heterocycles. The zero-order chi connectivity index (χ0) is 19.1. The summed E-state index contributed by atoms with van der Waals surface area (Å²) in [5.41, 5.74) is 7.56. The highest BCUT2D eigenvalue weighted by Gasteiger charge is 2.25. The summed E-state index contributed by atoms with van der Waals surface area (Å²) in [6.07, 6.45) is 8.27. The summed E-state index contributed by atoms with van der Waals surface area (Å²) in [7, 11) is 1.44. The van der Waals surface area contributed by atoms with Crippen LogP contribution in [0.4, 0.5) is 16.4 Å². The predicted molar refractivity (Wildman–Crippen MR) is 112 cm³/mol. The molecule has 0 atom stereocenters. The number of methoxy groups -OCH3 is 1. The first-order chi connectivity index (χ1) is 13.7. The van der Waals surface area contributed by atoms with Crippen LogP contribution in [0.1, 0.15) is 46.4 Å². The number of benzene rings is 1. The van der Waals surface area contributed by atoms with E-state index in [1.807, 2.05) is 0 Å². The van der Waals surface area contributed by atoms with E-state index in [1.165, 1.54) is 60.3 Å². The van der Waals surface area contributed by atoms with Crippen LogP contribution in [0.15, 0.2) is 22.4 Å². The minimum atomic E-state index is -0.206. The monoisotopic (exact) mass is 395 g/mol. The van der Waals surface area contributed by atoms with Crippen molar-refractivity contribution in [2.75, 3.05) is 25.1 Å². The van der Waals surface area contributed by atoms with Gasteiger partial charge in [0.15, 0.2) is 0 Å². The van der Waals surface area contributed by atoms with Crippen LogP contribution in [-0.2, 0) is 41.6 Å². The molecule has 1 aromatic heterocycles. The lowest BCUT2D eigenvalue weighted by atomic mass is 9.91. The number of carbonyl (C=O) groups is 1. The minimum absolute atomic E-state index is 0.206. The van der Waals surface area contributed by atoms with E-state index in [-0.39, 0.29) is 5.97 Å². The number of aryl methyl sites for hydroxylation is 3. The van der Waals surface area contributed by atoms with Gasteiger partial charge in [-0.3, -0.25) is 4.79 Å². The molecule has 0 spiro atoms. The van der Waals surface area contributed by atoms with Crippen LogP contribution in [0.2, 0.25) is 0 Å². The molecular formula is C22H25N3O2S. The molecule has 0 N–H and O–H groups in total.